The number of rotatable bonds is 8. The highest BCUT2D eigenvalue weighted by Crippen LogP contribution is 2.50. The zero-order chi connectivity index (χ0) is 46.8. The number of hydrogen-bond acceptors (Lipinski definition) is 4. The second-order valence-corrected chi connectivity index (χ2v) is 18.0. The van der Waals surface area contributed by atoms with Gasteiger partial charge < -0.3 is 14.0 Å². The molecule has 3 aromatic heterocycles. The van der Waals surface area contributed by atoms with Crippen molar-refractivity contribution < 1.29 is 0 Å². The summed E-state index contributed by atoms with van der Waals surface area (Å²) >= 11 is 0. The van der Waals surface area contributed by atoms with Crippen LogP contribution in [0.2, 0.25) is 0 Å². The minimum Gasteiger partial charge on any atom is -0.307 e. The lowest BCUT2D eigenvalue weighted by molar-refractivity contribution is 1.06. The van der Waals surface area contributed by atoms with Crippen molar-refractivity contribution in [1.82, 2.24) is 24.1 Å². The predicted molar refractivity (Wildman–Crippen MR) is 295 cm³/mol. The molecule has 71 heavy (non-hydrogen) atoms. The monoisotopic (exact) mass is 906 g/mol. The highest BCUT2D eigenvalue weighted by molar-refractivity contribution is 6.21. The molecule has 14 aromatic rings. The zero-order valence-electron chi connectivity index (χ0n) is 38.4. The van der Waals surface area contributed by atoms with Crippen LogP contribution in [-0.2, 0) is 0 Å². The topological polar surface area (TPSA) is 51.8 Å². The summed E-state index contributed by atoms with van der Waals surface area (Å²) in [7, 11) is 0. The van der Waals surface area contributed by atoms with E-state index in [9.17, 15) is 0 Å². The van der Waals surface area contributed by atoms with E-state index < -0.39 is 0 Å². The highest BCUT2D eigenvalue weighted by atomic mass is 15.2. The number of nitrogens with zero attached hydrogens (tertiary/aromatic N) is 6. The van der Waals surface area contributed by atoms with Crippen molar-refractivity contribution in [3.05, 3.63) is 255 Å². The van der Waals surface area contributed by atoms with E-state index in [0.717, 1.165) is 99.5 Å². The van der Waals surface area contributed by atoms with Crippen molar-refractivity contribution in [3.8, 4) is 45.5 Å². The standard InChI is InChI=1S/C65H42N6/c1-5-23-45(24-6-1)63-66-64(46-25-7-2-8-26-46)68-65(67-63)47-41-58(70-56-35-19-17-33-52(56)54-39-37-43-21-13-15-31-50(43)60(54)70)62(69(48-27-9-3-10-28-48)49-29-11-4-12-30-49)59(42-47)71-57-36-20-18-34-53(57)55-40-38-44-22-14-16-32-51(44)61(55)71/h1-42H. The van der Waals surface area contributed by atoms with Crippen LogP contribution >= 0.6 is 0 Å². The van der Waals surface area contributed by atoms with Crippen LogP contribution in [0.1, 0.15) is 0 Å². The van der Waals surface area contributed by atoms with Gasteiger partial charge in [-0.1, -0.05) is 206 Å². The van der Waals surface area contributed by atoms with Crippen LogP contribution in [0.25, 0.3) is 111 Å². The number of para-hydroxylation sites is 4. The molecule has 0 aliphatic rings. The molecule has 0 saturated carbocycles. The molecule has 14 rings (SSSR count). The molecule has 6 heteroatoms. The predicted octanol–water partition coefficient (Wildman–Crippen LogP) is 16.8. The Bertz CT molecular complexity index is 4060. The molecule has 0 N–H and O–H groups in total. The Kier molecular flexibility index (Phi) is 9.42. The maximum Gasteiger partial charge on any atom is 0.164 e. The molecule has 0 spiro atoms. The normalized spacial score (nSPS) is 11.7. The lowest BCUT2D eigenvalue weighted by atomic mass is 10.0. The maximum absolute atomic E-state index is 5.43. The molecule has 0 fully saturated rings. The van der Waals surface area contributed by atoms with Gasteiger partial charge >= 0.3 is 0 Å². The van der Waals surface area contributed by atoms with Gasteiger partial charge in [-0.05, 0) is 59.3 Å². The largest absolute Gasteiger partial charge is 0.307 e. The van der Waals surface area contributed by atoms with Gasteiger partial charge in [-0.2, -0.15) is 0 Å². The number of aromatic nitrogens is 5. The van der Waals surface area contributed by atoms with E-state index in [2.05, 4.69) is 232 Å². The van der Waals surface area contributed by atoms with E-state index in [0.29, 0.717) is 17.5 Å². The van der Waals surface area contributed by atoms with Crippen LogP contribution in [-0.4, -0.2) is 24.1 Å². The molecule has 332 valence electrons. The first-order valence-corrected chi connectivity index (χ1v) is 24.0. The van der Waals surface area contributed by atoms with Gasteiger partial charge in [-0.15, -0.1) is 0 Å². The minimum absolute atomic E-state index is 0.564. The molecule has 0 bridgehead atoms. The molecule has 0 aliphatic carbocycles. The molecule has 0 radical (unpaired) electrons. The van der Waals surface area contributed by atoms with E-state index >= 15 is 0 Å². The van der Waals surface area contributed by atoms with Crippen LogP contribution in [0.5, 0.6) is 0 Å². The van der Waals surface area contributed by atoms with Gasteiger partial charge in [0.15, 0.2) is 17.5 Å². The van der Waals surface area contributed by atoms with Crippen molar-refractivity contribution in [2.75, 3.05) is 4.90 Å². The molecule has 11 aromatic carbocycles. The first-order valence-electron chi connectivity index (χ1n) is 24.0. The van der Waals surface area contributed by atoms with E-state index in [1.165, 1.54) is 10.8 Å². The van der Waals surface area contributed by atoms with Crippen molar-refractivity contribution in [2.24, 2.45) is 0 Å². The number of fused-ring (bicyclic) bond motifs is 10. The summed E-state index contributed by atoms with van der Waals surface area (Å²) in [5.74, 6) is 1.76. The highest BCUT2D eigenvalue weighted by Gasteiger charge is 2.29. The van der Waals surface area contributed by atoms with Crippen LogP contribution in [0.15, 0.2) is 255 Å². The molecule has 3 heterocycles. The first-order chi connectivity index (χ1) is 35.2. The summed E-state index contributed by atoms with van der Waals surface area (Å²) in [6.07, 6.45) is 0. The summed E-state index contributed by atoms with van der Waals surface area (Å²) < 4.78 is 5.00. The molecular weight excluding hydrogens is 865 g/mol. The Balaban J connectivity index is 1.24. The van der Waals surface area contributed by atoms with Crippen LogP contribution < -0.4 is 4.90 Å². The van der Waals surface area contributed by atoms with Crippen LogP contribution in [0.3, 0.4) is 0 Å². The minimum atomic E-state index is 0.564. The average Bonchev–Trinajstić information content (AvgIpc) is 3.98. The fourth-order valence-electron chi connectivity index (χ4n) is 10.8. The Morgan fingerprint density at radius 2 is 0.634 bits per heavy atom. The number of hydrogen-bond donors (Lipinski definition) is 0. The summed E-state index contributed by atoms with van der Waals surface area (Å²) in [5, 5.41) is 9.31. The van der Waals surface area contributed by atoms with Crippen molar-refractivity contribution >= 4 is 82.2 Å². The van der Waals surface area contributed by atoms with Gasteiger partial charge in [0.25, 0.3) is 0 Å². The third-order valence-corrected chi connectivity index (χ3v) is 13.9. The molecule has 0 unspecified atom stereocenters. The van der Waals surface area contributed by atoms with Crippen molar-refractivity contribution in [2.45, 2.75) is 0 Å². The fourth-order valence-corrected chi connectivity index (χ4v) is 10.8. The third kappa shape index (κ3) is 6.61. The van der Waals surface area contributed by atoms with E-state index in [4.69, 9.17) is 15.0 Å². The second kappa shape index (κ2) is 16.5. The van der Waals surface area contributed by atoms with Crippen molar-refractivity contribution in [1.29, 1.82) is 0 Å². The van der Waals surface area contributed by atoms with Gasteiger partial charge in [0.2, 0.25) is 0 Å². The number of benzene rings is 11. The zero-order valence-corrected chi connectivity index (χ0v) is 38.4. The van der Waals surface area contributed by atoms with Gasteiger partial charge in [0.05, 0.1) is 39.1 Å². The molecule has 6 nitrogen and oxygen atoms in total. The molecule has 0 aliphatic heterocycles. The Morgan fingerprint density at radius 1 is 0.282 bits per heavy atom. The molecule has 0 saturated heterocycles. The van der Waals surface area contributed by atoms with Gasteiger partial charge in [0.1, 0.15) is 0 Å². The van der Waals surface area contributed by atoms with E-state index in [1.54, 1.807) is 0 Å². The van der Waals surface area contributed by atoms with Gasteiger partial charge in [-0.25, -0.2) is 15.0 Å². The number of anilines is 3. The Labute approximate surface area is 409 Å². The third-order valence-electron chi connectivity index (χ3n) is 13.9. The fraction of sp³-hybridized carbons (Fsp3) is 0. The van der Waals surface area contributed by atoms with Crippen LogP contribution in [0.4, 0.5) is 17.1 Å². The van der Waals surface area contributed by atoms with Gasteiger partial charge in [-0.3, -0.25) is 0 Å². The van der Waals surface area contributed by atoms with E-state index in [1.807, 2.05) is 36.4 Å². The molecule has 0 amide bonds. The average molecular weight is 907 g/mol. The second-order valence-electron chi connectivity index (χ2n) is 18.0. The lowest BCUT2D eigenvalue weighted by Crippen LogP contribution is -2.17. The summed E-state index contributed by atoms with van der Waals surface area (Å²) in [6.45, 7) is 0. The summed E-state index contributed by atoms with van der Waals surface area (Å²) in [6, 6.07) is 90.8. The van der Waals surface area contributed by atoms with E-state index in [-0.39, 0.29) is 0 Å². The lowest BCUT2D eigenvalue weighted by Gasteiger charge is -2.32. The molecular formula is C65H42N6. The van der Waals surface area contributed by atoms with Gasteiger partial charge in [0, 0.05) is 60.4 Å². The Hall–Kier alpha value is -9.65. The summed E-state index contributed by atoms with van der Waals surface area (Å²) in [4.78, 5) is 18.5. The summed E-state index contributed by atoms with van der Waals surface area (Å²) in [5.41, 5.74) is 12.0. The SMILES string of the molecule is c1ccc(-c2nc(-c3ccccc3)nc(-c3cc(-n4c5ccccc5c5ccc6ccccc6c54)c(N(c4ccccc4)c4ccccc4)c(-n4c5ccccc5c5ccc6ccccc6c54)c3)n2)cc1. The quantitative estimate of drug-likeness (QED) is 0.152. The van der Waals surface area contributed by atoms with Crippen LogP contribution in [0, 0.1) is 0 Å². The molecule has 0 atom stereocenters. The smallest absolute Gasteiger partial charge is 0.164 e. The van der Waals surface area contributed by atoms with Crippen molar-refractivity contribution in [3.63, 3.8) is 0 Å². The first kappa shape index (κ1) is 40.4. The Morgan fingerprint density at radius 3 is 1.07 bits per heavy atom. The maximum atomic E-state index is 5.43.